The standard InChI is InChI=1S/C36H26O2/c37-33-22-21-30(34(27-17-9-3-10-18-27)35(33)28-19-11-4-12-20-28)29-23-31(25-13-5-1-6-14-25)36(38)32(24-29)26-15-7-2-8-16-26/h1-24,37-38H. The van der Waals surface area contributed by atoms with E-state index in [1.807, 2.05) is 127 Å². The molecule has 0 fully saturated rings. The summed E-state index contributed by atoms with van der Waals surface area (Å²) in [5, 5.41) is 22.6. The normalized spacial score (nSPS) is 10.8. The van der Waals surface area contributed by atoms with Crippen LogP contribution in [0.15, 0.2) is 146 Å². The predicted molar refractivity (Wildman–Crippen MR) is 157 cm³/mol. The summed E-state index contributed by atoms with van der Waals surface area (Å²) in [6, 6.07) is 47.9. The maximum Gasteiger partial charge on any atom is 0.131 e. The lowest BCUT2D eigenvalue weighted by atomic mass is 9.85. The van der Waals surface area contributed by atoms with Gasteiger partial charge >= 0.3 is 0 Å². The van der Waals surface area contributed by atoms with E-state index >= 15 is 0 Å². The van der Waals surface area contributed by atoms with E-state index in [-0.39, 0.29) is 11.5 Å². The Bertz CT molecular complexity index is 1630. The van der Waals surface area contributed by atoms with E-state index in [9.17, 15) is 10.2 Å². The van der Waals surface area contributed by atoms with Gasteiger partial charge < -0.3 is 10.2 Å². The van der Waals surface area contributed by atoms with Gasteiger partial charge in [-0.2, -0.15) is 0 Å². The van der Waals surface area contributed by atoms with E-state index in [1.165, 1.54) is 0 Å². The first kappa shape index (κ1) is 23.3. The van der Waals surface area contributed by atoms with Crippen LogP contribution in [-0.4, -0.2) is 10.2 Å². The fourth-order valence-electron chi connectivity index (χ4n) is 5.10. The fourth-order valence-corrected chi connectivity index (χ4v) is 5.10. The first-order valence-corrected chi connectivity index (χ1v) is 12.7. The predicted octanol–water partition coefficient (Wildman–Crippen LogP) is 9.43. The van der Waals surface area contributed by atoms with Gasteiger partial charge in [0, 0.05) is 22.3 Å². The van der Waals surface area contributed by atoms with Crippen LogP contribution in [0.25, 0.3) is 55.6 Å². The zero-order chi connectivity index (χ0) is 25.9. The van der Waals surface area contributed by atoms with Crippen LogP contribution in [-0.2, 0) is 0 Å². The summed E-state index contributed by atoms with van der Waals surface area (Å²) < 4.78 is 0. The quantitative estimate of drug-likeness (QED) is 0.253. The Labute approximate surface area is 222 Å². The lowest BCUT2D eigenvalue weighted by Gasteiger charge is -2.20. The minimum Gasteiger partial charge on any atom is -0.507 e. The molecule has 0 heterocycles. The molecule has 0 aliphatic rings. The van der Waals surface area contributed by atoms with Crippen LogP contribution in [0.1, 0.15) is 0 Å². The molecule has 0 saturated carbocycles. The monoisotopic (exact) mass is 490 g/mol. The van der Waals surface area contributed by atoms with Crippen molar-refractivity contribution in [2.45, 2.75) is 0 Å². The molecule has 2 heteroatoms. The van der Waals surface area contributed by atoms with Crippen LogP contribution in [0.4, 0.5) is 0 Å². The molecule has 6 aromatic carbocycles. The van der Waals surface area contributed by atoms with Crippen molar-refractivity contribution in [1.29, 1.82) is 0 Å². The molecular formula is C36H26O2. The summed E-state index contributed by atoms with van der Waals surface area (Å²) in [4.78, 5) is 0. The lowest BCUT2D eigenvalue weighted by Crippen LogP contribution is -1.93. The van der Waals surface area contributed by atoms with Crippen molar-refractivity contribution in [3.63, 3.8) is 0 Å². The molecule has 0 aliphatic carbocycles. The average Bonchev–Trinajstić information content (AvgIpc) is 2.99. The Balaban J connectivity index is 1.69. The zero-order valence-electron chi connectivity index (χ0n) is 20.8. The molecule has 0 saturated heterocycles. The maximum atomic E-state index is 11.5. The van der Waals surface area contributed by atoms with Crippen LogP contribution in [0.5, 0.6) is 11.5 Å². The second-order valence-electron chi connectivity index (χ2n) is 9.27. The summed E-state index contributed by atoms with van der Waals surface area (Å²) in [5.74, 6) is 0.471. The Kier molecular flexibility index (Phi) is 6.21. The van der Waals surface area contributed by atoms with Gasteiger partial charge in [0.15, 0.2) is 0 Å². The average molecular weight is 491 g/mol. The van der Waals surface area contributed by atoms with Gasteiger partial charge in [-0.25, -0.2) is 0 Å². The molecule has 0 radical (unpaired) electrons. The van der Waals surface area contributed by atoms with Crippen molar-refractivity contribution in [2.24, 2.45) is 0 Å². The molecule has 6 aromatic rings. The molecule has 0 amide bonds. The third kappa shape index (κ3) is 4.33. The van der Waals surface area contributed by atoms with E-state index in [0.29, 0.717) is 0 Å². The summed E-state index contributed by atoms with van der Waals surface area (Å²) >= 11 is 0. The fraction of sp³-hybridized carbons (Fsp3) is 0. The molecular weight excluding hydrogens is 464 g/mol. The zero-order valence-corrected chi connectivity index (χ0v) is 20.8. The molecule has 0 aromatic heterocycles. The molecule has 2 N–H and O–H groups in total. The van der Waals surface area contributed by atoms with E-state index in [0.717, 1.165) is 55.6 Å². The third-order valence-corrected chi connectivity index (χ3v) is 6.90. The van der Waals surface area contributed by atoms with Crippen LogP contribution in [0.3, 0.4) is 0 Å². The first-order valence-electron chi connectivity index (χ1n) is 12.7. The number of rotatable bonds is 5. The third-order valence-electron chi connectivity index (χ3n) is 6.90. The highest BCUT2D eigenvalue weighted by atomic mass is 16.3. The highest BCUT2D eigenvalue weighted by molar-refractivity contribution is 5.99. The minimum absolute atomic E-state index is 0.226. The molecule has 0 aliphatic heterocycles. The minimum atomic E-state index is 0.226. The molecule has 182 valence electrons. The Morgan fingerprint density at radius 1 is 0.316 bits per heavy atom. The Morgan fingerprint density at radius 2 is 0.711 bits per heavy atom. The molecule has 2 nitrogen and oxygen atoms in total. The molecule has 0 atom stereocenters. The van der Waals surface area contributed by atoms with Crippen molar-refractivity contribution in [3.8, 4) is 67.1 Å². The van der Waals surface area contributed by atoms with Gasteiger partial charge in [-0.3, -0.25) is 0 Å². The second kappa shape index (κ2) is 10.1. The van der Waals surface area contributed by atoms with Gasteiger partial charge in [0.05, 0.1) is 0 Å². The SMILES string of the molecule is Oc1ccc(-c2cc(-c3ccccc3)c(O)c(-c3ccccc3)c2)c(-c2ccccc2)c1-c1ccccc1. The van der Waals surface area contributed by atoms with Crippen molar-refractivity contribution in [2.75, 3.05) is 0 Å². The molecule has 0 spiro atoms. The van der Waals surface area contributed by atoms with Gasteiger partial charge in [0.1, 0.15) is 11.5 Å². The van der Waals surface area contributed by atoms with E-state index in [1.54, 1.807) is 6.07 Å². The molecule has 0 bridgehead atoms. The Hall–Kier alpha value is -5.08. The van der Waals surface area contributed by atoms with Crippen LogP contribution in [0.2, 0.25) is 0 Å². The van der Waals surface area contributed by atoms with Crippen molar-refractivity contribution in [1.82, 2.24) is 0 Å². The van der Waals surface area contributed by atoms with Crippen molar-refractivity contribution in [3.05, 3.63) is 146 Å². The number of phenols is 2. The summed E-state index contributed by atoms with van der Waals surface area (Å²) in [5.41, 5.74) is 9.00. The van der Waals surface area contributed by atoms with Gasteiger partial charge in [-0.1, -0.05) is 127 Å². The summed E-state index contributed by atoms with van der Waals surface area (Å²) in [7, 11) is 0. The van der Waals surface area contributed by atoms with E-state index < -0.39 is 0 Å². The van der Waals surface area contributed by atoms with Gasteiger partial charge in [0.25, 0.3) is 0 Å². The Morgan fingerprint density at radius 3 is 1.16 bits per heavy atom. The second-order valence-corrected chi connectivity index (χ2v) is 9.27. The highest BCUT2D eigenvalue weighted by Gasteiger charge is 2.21. The number of aromatic hydroxyl groups is 2. The topological polar surface area (TPSA) is 40.5 Å². The molecule has 38 heavy (non-hydrogen) atoms. The first-order chi connectivity index (χ1) is 18.7. The summed E-state index contributed by atoms with van der Waals surface area (Å²) in [6.45, 7) is 0. The lowest BCUT2D eigenvalue weighted by molar-refractivity contribution is 0.477. The van der Waals surface area contributed by atoms with Crippen LogP contribution in [0, 0.1) is 0 Å². The van der Waals surface area contributed by atoms with Crippen molar-refractivity contribution >= 4 is 0 Å². The van der Waals surface area contributed by atoms with Crippen LogP contribution < -0.4 is 0 Å². The van der Waals surface area contributed by atoms with E-state index in [4.69, 9.17) is 0 Å². The smallest absolute Gasteiger partial charge is 0.131 e. The van der Waals surface area contributed by atoms with Crippen LogP contribution >= 0.6 is 0 Å². The maximum absolute atomic E-state index is 11.5. The van der Waals surface area contributed by atoms with Crippen molar-refractivity contribution < 1.29 is 10.2 Å². The van der Waals surface area contributed by atoms with Gasteiger partial charge in [0.2, 0.25) is 0 Å². The van der Waals surface area contributed by atoms with Gasteiger partial charge in [-0.15, -0.1) is 0 Å². The number of phenolic OH excluding ortho intramolecular Hbond substituents is 2. The van der Waals surface area contributed by atoms with Gasteiger partial charge in [-0.05, 0) is 51.6 Å². The largest absolute Gasteiger partial charge is 0.507 e. The number of benzene rings is 6. The highest BCUT2D eigenvalue weighted by Crippen LogP contribution is 2.48. The van der Waals surface area contributed by atoms with E-state index in [2.05, 4.69) is 12.1 Å². The number of hydrogen-bond acceptors (Lipinski definition) is 2. The summed E-state index contributed by atoms with van der Waals surface area (Å²) in [6.07, 6.45) is 0. The molecule has 6 rings (SSSR count). The number of hydrogen-bond donors (Lipinski definition) is 2. The molecule has 0 unspecified atom stereocenters.